The van der Waals surface area contributed by atoms with Gasteiger partial charge in [0, 0.05) is 9.75 Å². The summed E-state index contributed by atoms with van der Waals surface area (Å²) in [6, 6.07) is 5.42. The Hall–Kier alpha value is -1.66. The molecule has 0 unspecified atom stereocenters. The van der Waals surface area contributed by atoms with Crippen molar-refractivity contribution in [2.75, 3.05) is 5.32 Å². The van der Waals surface area contributed by atoms with Gasteiger partial charge in [-0.15, -0.1) is 22.7 Å². The fraction of sp³-hybridized carbons (Fsp3) is 0.286. The molecule has 0 aliphatic rings. The zero-order valence-corrected chi connectivity index (χ0v) is 13.2. The average Bonchev–Trinajstić information content (AvgIpc) is 2.95. The molecule has 0 fully saturated rings. The van der Waals surface area contributed by atoms with Crippen molar-refractivity contribution in [1.82, 2.24) is 0 Å². The lowest BCUT2D eigenvalue weighted by molar-refractivity contribution is 0.100. The summed E-state index contributed by atoms with van der Waals surface area (Å²) in [7, 11) is 0. The molecule has 20 heavy (non-hydrogen) atoms. The standard InChI is InChI=1S/C14H16N2O2S2/c1-7(2)11-6-9(12(15)17)14(20-11)16-13(18)10-5-4-8(3)19-10/h4-7H,1-3H3,(H2,15,17)(H,16,18). The van der Waals surface area contributed by atoms with Crippen molar-refractivity contribution in [3.05, 3.63) is 38.4 Å². The van der Waals surface area contributed by atoms with E-state index in [-0.39, 0.29) is 11.8 Å². The normalized spacial score (nSPS) is 10.8. The summed E-state index contributed by atoms with van der Waals surface area (Å²) in [6.07, 6.45) is 0. The van der Waals surface area contributed by atoms with Gasteiger partial charge in [0.2, 0.25) is 0 Å². The summed E-state index contributed by atoms with van der Waals surface area (Å²) in [5.74, 6) is -0.443. The number of thiophene rings is 2. The van der Waals surface area contributed by atoms with Crippen LogP contribution in [0.2, 0.25) is 0 Å². The smallest absolute Gasteiger partial charge is 0.266 e. The van der Waals surface area contributed by atoms with Crippen LogP contribution in [0, 0.1) is 6.92 Å². The van der Waals surface area contributed by atoms with Crippen molar-refractivity contribution in [2.24, 2.45) is 5.73 Å². The minimum Gasteiger partial charge on any atom is -0.366 e. The lowest BCUT2D eigenvalue weighted by atomic mass is 10.1. The highest BCUT2D eigenvalue weighted by molar-refractivity contribution is 7.17. The van der Waals surface area contributed by atoms with E-state index in [4.69, 9.17) is 5.73 Å². The maximum Gasteiger partial charge on any atom is 0.266 e. The van der Waals surface area contributed by atoms with Gasteiger partial charge in [-0.3, -0.25) is 9.59 Å². The van der Waals surface area contributed by atoms with E-state index in [2.05, 4.69) is 5.32 Å². The molecule has 0 bridgehead atoms. The zero-order chi connectivity index (χ0) is 14.9. The van der Waals surface area contributed by atoms with Gasteiger partial charge in [-0.05, 0) is 31.0 Å². The molecule has 106 valence electrons. The Kier molecular flexibility index (Phi) is 4.25. The van der Waals surface area contributed by atoms with Gasteiger partial charge in [0.1, 0.15) is 5.00 Å². The van der Waals surface area contributed by atoms with Gasteiger partial charge in [0.25, 0.3) is 11.8 Å². The van der Waals surface area contributed by atoms with Gasteiger partial charge >= 0.3 is 0 Å². The molecule has 0 saturated carbocycles. The van der Waals surface area contributed by atoms with E-state index >= 15 is 0 Å². The van der Waals surface area contributed by atoms with E-state index < -0.39 is 5.91 Å². The number of rotatable bonds is 4. The summed E-state index contributed by atoms with van der Waals surface area (Å²) in [6.45, 7) is 6.01. The predicted molar refractivity (Wildman–Crippen MR) is 83.9 cm³/mol. The molecule has 0 atom stereocenters. The second-order valence-corrected chi connectivity index (χ2v) is 7.15. The number of nitrogens with two attached hydrogens (primary N) is 1. The summed E-state index contributed by atoms with van der Waals surface area (Å²) >= 11 is 2.82. The molecule has 2 aromatic heterocycles. The lowest BCUT2D eigenvalue weighted by Crippen LogP contribution is -2.15. The number of carbonyl (C=O) groups is 2. The first kappa shape index (κ1) is 14.7. The van der Waals surface area contributed by atoms with Gasteiger partial charge in [-0.25, -0.2) is 0 Å². The molecule has 3 N–H and O–H groups in total. The predicted octanol–water partition coefficient (Wildman–Crippen LogP) is 3.59. The Morgan fingerprint density at radius 2 is 1.95 bits per heavy atom. The number of nitrogens with one attached hydrogen (secondary N) is 1. The molecule has 2 amide bonds. The van der Waals surface area contributed by atoms with Crippen molar-refractivity contribution in [3.8, 4) is 0 Å². The lowest BCUT2D eigenvalue weighted by Gasteiger charge is -2.02. The highest BCUT2D eigenvalue weighted by Gasteiger charge is 2.18. The number of hydrogen-bond donors (Lipinski definition) is 2. The molecule has 0 aliphatic carbocycles. The van der Waals surface area contributed by atoms with Crippen LogP contribution in [-0.2, 0) is 0 Å². The molecular weight excluding hydrogens is 292 g/mol. The summed E-state index contributed by atoms with van der Waals surface area (Å²) < 4.78 is 0. The number of primary amides is 1. The molecule has 6 heteroatoms. The van der Waals surface area contributed by atoms with Gasteiger partial charge in [0.05, 0.1) is 10.4 Å². The van der Waals surface area contributed by atoms with Crippen LogP contribution in [0.25, 0.3) is 0 Å². The third kappa shape index (κ3) is 3.08. The van der Waals surface area contributed by atoms with E-state index in [0.29, 0.717) is 15.4 Å². The Morgan fingerprint density at radius 3 is 2.45 bits per heavy atom. The van der Waals surface area contributed by atoms with Crippen molar-refractivity contribution in [2.45, 2.75) is 26.7 Å². The van der Waals surface area contributed by atoms with Crippen molar-refractivity contribution in [3.63, 3.8) is 0 Å². The third-order valence-electron chi connectivity index (χ3n) is 2.78. The fourth-order valence-electron chi connectivity index (χ4n) is 1.69. The van der Waals surface area contributed by atoms with Crippen molar-refractivity contribution >= 4 is 39.5 Å². The van der Waals surface area contributed by atoms with Gasteiger partial charge < -0.3 is 11.1 Å². The van der Waals surface area contributed by atoms with E-state index in [0.717, 1.165) is 9.75 Å². The molecule has 0 aliphatic heterocycles. The van der Waals surface area contributed by atoms with Gasteiger partial charge in [0.15, 0.2) is 0 Å². The molecule has 0 aromatic carbocycles. The monoisotopic (exact) mass is 308 g/mol. The molecule has 4 nitrogen and oxygen atoms in total. The Morgan fingerprint density at radius 1 is 1.25 bits per heavy atom. The average molecular weight is 308 g/mol. The highest BCUT2D eigenvalue weighted by Crippen LogP contribution is 2.33. The first-order valence-electron chi connectivity index (χ1n) is 6.19. The van der Waals surface area contributed by atoms with Crippen LogP contribution in [-0.4, -0.2) is 11.8 Å². The second-order valence-electron chi connectivity index (χ2n) is 4.77. The van der Waals surface area contributed by atoms with Crippen LogP contribution in [0.4, 0.5) is 5.00 Å². The van der Waals surface area contributed by atoms with Crippen LogP contribution in [0.15, 0.2) is 18.2 Å². The summed E-state index contributed by atoms with van der Waals surface area (Å²) in [5.41, 5.74) is 5.74. The molecule has 0 spiro atoms. The Bertz CT molecular complexity index is 656. The number of amides is 2. The molecule has 2 aromatic rings. The molecule has 0 radical (unpaired) electrons. The zero-order valence-electron chi connectivity index (χ0n) is 11.5. The molecule has 2 heterocycles. The van der Waals surface area contributed by atoms with Crippen LogP contribution in [0.3, 0.4) is 0 Å². The maximum atomic E-state index is 12.1. The topological polar surface area (TPSA) is 72.2 Å². The first-order valence-corrected chi connectivity index (χ1v) is 7.83. The first-order chi connectivity index (χ1) is 9.38. The van der Waals surface area contributed by atoms with Crippen molar-refractivity contribution < 1.29 is 9.59 Å². The Labute approximate surface area is 125 Å². The summed E-state index contributed by atoms with van der Waals surface area (Å²) in [5, 5.41) is 3.31. The van der Waals surface area contributed by atoms with E-state index in [1.807, 2.05) is 26.8 Å². The molecule has 2 rings (SSSR count). The van der Waals surface area contributed by atoms with Crippen LogP contribution < -0.4 is 11.1 Å². The number of aryl methyl sites for hydroxylation is 1. The van der Waals surface area contributed by atoms with Crippen molar-refractivity contribution in [1.29, 1.82) is 0 Å². The SMILES string of the molecule is Cc1ccc(C(=O)Nc2sc(C(C)C)cc2C(N)=O)s1. The van der Waals surface area contributed by atoms with Crippen LogP contribution >= 0.6 is 22.7 Å². The number of anilines is 1. The van der Waals surface area contributed by atoms with E-state index in [1.54, 1.807) is 12.1 Å². The third-order valence-corrected chi connectivity index (χ3v) is 5.13. The van der Waals surface area contributed by atoms with E-state index in [9.17, 15) is 9.59 Å². The minimum absolute atomic E-state index is 0.206. The van der Waals surface area contributed by atoms with Crippen LogP contribution in [0.1, 0.15) is 49.5 Å². The minimum atomic E-state index is -0.522. The van der Waals surface area contributed by atoms with Gasteiger partial charge in [-0.2, -0.15) is 0 Å². The number of hydrogen-bond acceptors (Lipinski definition) is 4. The maximum absolute atomic E-state index is 12.1. The quantitative estimate of drug-likeness (QED) is 0.906. The highest BCUT2D eigenvalue weighted by atomic mass is 32.1. The Balaban J connectivity index is 2.28. The molecule has 0 saturated heterocycles. The van der Waals surface area contributed by atoms with E-state index in [1.165, 1.54) is 22.7 Å². The second kappa shape index (κ2) is 5.76. The largest absolute Gasteiger partial charge is 0.366 e. The summed E-state index contributed by atoms with van der Waals surface area (Å²) in [4.78, 5) is 26.3. The van der Waals surface area contributed by atoms with Crippen LogP contribution in [0.5, 0.6) is 0 Å². The number of carbonyl (C=O) groups excluding carboxylic acids is 2. The fourth-order valence-corrected chi connectivity index (χ4v) is 3.52. The molecular formula is C14H16N2O2S2. The van der Waals surface area contributed by atoms with Gasteiger partial charge in [-0.1, -0.05) is 13.8 Å².